The molecular formula is C95H80BBr3K2N2O5P4Pd. The van der Waals surface area contributed by atoms with Gasteiger partial charge < -0.3 is 21.6 Å². The molecule has 0 amide bonds. The van der Waals surface area contributed by atoms with E-state index >= 15 is 0 Å². The van der Waals surface area contributed by atoms with Crippen LogP contribution < -0.4 is 177 Å². The molecule has 2 aromatic heterocycles. The van der Waals surface area contributed by atoms with E-state index in [2.05, 4.69) is 433 Å². The molecule has 556 valence electrons. The van der Waals surface area contributed by atoms with E-state index in [9.17, 15) is 0 Å². The van der Waals surface area contributed by atoms with Crippen LogP contribution in [0.3, 0.4) is 0 Å². The summed E-state index contributed by atoms with van der Waals surface area (Å²) >= 11 is 9.84. The van der Waals surface area contributed by atoms with E-state index in [0.29, 0.717) is 5.46 Å². The summed E-state index contributed by atoms with van der Waals surface area (Å²) in [6.07, 6.45) is 3.54. The predicted octanol–water partition coefficient (Wildman–Crippen LogP) is 11.8. The Kier molecular flexibility index (Phi) is 48.3. The Hall–Kier alpha value is -6.11. The van der Waals surface area contributed by atoms with Crippen LogP contribution in [-0.2, 0) is 30.1 Å². The number of pyridine rings is 2. The summed E-state index contributed by atoms with van der Waals surface area (Å²) in [5, 5.41) is 42.6. The zero-order valence-corrected chi connectivity index (χ0v) is 78.4. The fraction of sp³-hybridized carbons (Fsp3) is 0. The minimum atomic E-state index is -1.38. The fourth-order valence-electron chi connectivity index (χ4n) is 10.9. The van der Waals surface area contributed by atoms with Gasteiger partial charge in [0.25, 0.3) is 6.47 Å². The van der Waals surface area contributed by atoms with Crippen molar-refractivity contribution < 1.29 is 150 Å². The first-order chi connectivity index (χ1) is 54.2. The summed E-state index contributed by atoms with van der Waals surface area (Å²) in [5.74, 6) is 0. The maximum absolute atomic E-state index is 8.68. The Balaban J connectivity index is 0.000000238. The molecule has 0 atom stereocenters. The number of rotatable bonds is 15. The Morgan fingerprint density at radius 1 is 0.292 bits per heavy atom. The molecule has 0 radical (unpaired) electrons. The first-order valence-electron chi connectivity index (χ1n) is 35.1. The van der Waals surface area contributed by atoms with Crippen molar-refractivity contribution in [3.63, 3.8) is 0 Å². The molecule has 0 spiro atoms. The predicted molar refractivity (Wildman–Crippen MR) is 482 cm³/mol. The third kappa shape index (κ3) is 34.2. The molecule has 2 heterocycles. The number of halogens is 3. The van der Waals surface area contributed by atoms with E-state index in [1.165, 1.54) is 63.7 Å². The molecule has 16 aromatic rings. The van der Waals surface area contributed by atoms with Gasteiger partial charge in [0.15, 0.2) is 0 Å². The number of carbonyl (C=O) groups is 1. The van der Waals surface area contributed by atoms with Crippen LogP contribution in [0.5, 0.6) is 0 Å². The van der Waals surface area contributed by atoms with E-state index in [0.717, 1.165) is 24.8 Å². The van der Waals surface area contributed by atoms with Crippen LogP contribution in [0, 0.1) is 0 Å². The van der Waals surface area contributed by atoms with Crippen LogP contribution in [0.2, 0.25) is 0 Å². The van der Waals surface area contributed by atoms with Gasteiger partial charge in [-0.05, 0) is 165 Å². The second-order valence-corrected chi connectivity index (χ2v) is 34.9. The fourth-order valence-corrected chi connectivity index (χ4v) is 21.2. The molecule has 113 heavy (non-hydrogen) atoms. The van der Waals surface area contributed by atoms with E-state index in [1.54, 1.807) is 30.6 Å². The number of nitrogens with zero attached hydrogens (tertiary/aromatic N) is 2. The van der Waals surface area contributed by atoms with Gasteiger partial charge in [-0.2, -0.15) is 0 Å². The molecule has 7 nitrogen and oxygen atoms in total. The van der Waals surface area contributed by atoms with Crippen molar-refractivity contribution in [2.45, 2.75) is 0 Å². The molecule has 0 bridgehead atoms. The Bertz CT molecular complexity index is 4260. The summed E-state index contributed by atoms with van der Waals surface area (Å²) in [6, 6.07) is 156. The van der Waals surface area contributed by atoms with Crippen molar-refractivity contribution in [1.82, 2.24) is 9.97 Å². The maximum Gasteiger partial charge on any atom is 1.00 e. The second kappa shape index (κ2) is 57.1. The number of aromatic nitrogens is 2. The monoisotopic (exact) mass is 1880 g/mol. The van der Waals surface area contributed by atoms with Crippen molar-refractivity contribution >= 4 is 162 Å². The van der Waals surface area contributed by atoms with Crippen LogP contribution in [0.4, 0.5) is 0 Å². The van der Waals surface area contributed by atoms with Gasteiger partial charge in [0.1, 0.15) is 4.60 Å². The minimum absolute atomic E-state index is 0. The van der Waals surface area contributed by atoms with Crippen molar-refractivity contribution in [3.05, 3.63) is 475 Å². The smallest absolute Gasteiger partial charge is 1.00 e. The van der Waals surface area contributed by atoms with Crippen molar-refractivity contribution in [2.75, 3.05) is 0 Å². The molecule has 0 saturated heterocycles. The zero-order chi connectivity index (χ0) is 76.8. The number of benzene rings is 14. The van der Waals surface area contributed by atoms with Crippen LogP contribution in [0.15, 0.2) is 475 Å². The van der Waals surface area contributed by atoms with Crippen molar-refractivity contribution in [3.8, 4) is 11.3 Å². The molecule has 14 aromatic carbocycles. The molecule has 0 fully saturated rings. The van der Waals surface area contributed by atoms with Crippen LogP contribution in [0.1, 0.15) is 1.43 Å². The van der Waals surface area contributed by atoms with E-state index in [4.69, 9.17) is 20.1 Å². The average molecular weight is 1890 g/mol. The largest absolute Gasteiger partial charge is 1.00 e. The topological polar surface area (TPSA) is 116 Å². The van der Waals surface area contributed by atoms with Crippen molar-refractivity contribution in [2.24, 2.45) is 0 Å². The SMILES string of the molecule is Brc1cccc(-c2ccccn2)c1.Brc1ccccn1.O=CO[O-].OB(O)c1cccc(Br)c1.[H-].[K+].[K+].[Pd].c1ccc(P(c2ccccc2)c2ccccc2)cc1.c1ccc(P(c2ccccc2)c2ccccc2)cc1.c1ccc(P(c2ccccc2)c2ccccc2)cc1.c1ccc(P(c2ccccc2)c2ccccc2)cc1. The van der Waals surface area contributed by atoms with Gasteiger partial charge >= 0.3 is 110 Å². The van der Waals surface area contributed by atoms with E-state index < -0.39 is 38.8 Å². The summed E-state index contributed by atoms with van der Waals surface area (Å²) < 4.78 is 2.81. The van der Waals surface area contributed by atoms with Gasteiger partial charge in [0.2, 0.25) is 0 Å². The average Bonchev–Trinajstić information content (AvgIpc) is 0.833. The number of carbonyl (C=O) groups excluding carboxylic acids is 1. The standard InChI is InChI=1S/4C18H15P.C11H8BrN.C6H6BBrO2.C5H4BrN.CH2O3.2K.Pd.H/c4*1-4-10-16(11-5-1)19(17-12-6-2-7-13-17)18-14-8-3-9-15-18;12-10-5-3-4-9(8-10)11-6-1-2-7-13-11;8-6-3-1-2-5(4-6)7(9)10;6-5-3-1-2-4-7-5;2-1-4-3;;;;/h4*1-15H;1-8H;1-4,9-10H;1-4H;1,3H;;;;/q;;;;;;;;2*+1;;-1/p-1. The van der Waals surface area contributed by atoms with Gasteiger partial charge in [-0.15, -0.1) is 0 Å². The van der Waals surface area contributed by atoms with E-state index in [1.807, 2.05) is 60.7 Å². The summed E-state index contributed by atoms with van der Waals surface area (Å²) in [7, 11) is -3.16. The second-order valence-electron chi connectivity index (χ2n) is 23.4. The van der Waals surface area contributed by atoms with Crippen molar-refractivity contribution in [1.29, 1.82) is 0 Å². The third-order valence-electron chi connectivity index (χ3n) is 15.8. The third-order valence-corrected chi connectivity index (χ3v) is 27.0. The molecule has 0 aliphatic rings. The number of hydrogen-bond donors (Lipinski definition) is 2. The normalized spacial score (nSPS) is 9.82. The molecule has 0 saturated carbocycles. The van der Waals surface area contributed by atoms with Gasteiger partial charge in [-0.1, -0.05) is 432 Å². The quantitative estimate of drug-likeness (QED) is 0.0262. The Labute approximate surface area is 796 Å². The molecule has 0 aliphatic carbocycles. The first-order valence-corrected chi connectivity index (χ1v) is 42.8. The number of hydrogen-bond acceptors (Lipinski definition) is 7. The minimum Gasteiger partial charge on any atom is -1.00 e. The first kappa shape index (κ1) is 95.7. The van der Waals surface area contributed by atoms with Gasteiger partial charge in [-0.3, -0.25) is 9.78 Å². The molecule has 16 rings (SSSR count). The summed E-state index contributed by atoms with van der Waals surface area (Å²) in [5.41, 5.74) is 2.63. The van der Waals surface area contributed by atoms with Gasteiger partial charge in [0, 0.05) is 47.3 Å². The van der Waals surface area contributed by atoms with E-state index in [-0.39, 0.29) is 131 Å². The summed E-state index contributed by atoms with van der Waals surface area (Å²) in [4.78, 5) is 19.4. The van der Waals surface area contributed by atoms with Crippen LogP contribution >= 0.6 is 79.5 Å². The molecule has 18 heteroatoms. The zero-order valence-electron chi connectivity index (χ0n) is 63.3. The molecule has 2 N–H and O–H groups in total. The summed E-state index contributed by atoms with van der Waals surface area (Å²) in [6.45, 7) is -0.181. The molecular weight excluding hydrogens is 1810 g/mol. The van der Waals surface area contributed by atoms with Gasteiger partial charge in [0.05, 0.1) is 5.69 Å². The van der Waals surface area contributed by atoms with Crippen LogP contribution in [0.25, 0.3) is 11.3 Å². The maximum atomic E-state index is 8.68. The molecule has 0 unspecified atom stereocenters. The molecule has 0 aliphatic heterocycles. The van der Waals surface area contributed by atoms with Gasteiger partial charge in [-0.25, -0.2) is 4.98 Å². The Morgan fingerprint density at radius 3 is 0.664 bits per heavy atom. The Morgan fingerprint density at radius 2 is 0.504 bits per heavy atom. The van der Waals surface area contributed by atoms with Crippen LogP contribution in [-0.4, -0.2) is 33.6 Å².